The van der Waals surface area contributed by atoms with E-state index < -0.39 is 12.0 Å². The minimum Gasteiger partial charge on any atom is -0.497 e. The number of nitrogens with zero attached hydrogens (tertiary/aromatic N) is 1. The second-order valence-corrected chi connectivity index (χ2v) is 3.47. The van der Waals surface area contributed by atoms with Gasteiger partial charge in [-0.25, -0.2) is 0 Å². The Morgan fingerprint density at radius 1 is 1.50 bits per heavy atom. The van der Waals surface area contributed by atoms with Gasteiger partial charge in [-0.1, -0.05) is 5.16 Å². The van der Waals surface area contributed by atoms with E-state index in [0.717, 1.165) is 17.0 Å². The Kier molecular flexibility index (Phi) is 2.76. The standard InChI is InChI=1S/C11H12N2O3/c1-15-8-4-2-7(3-5-8)9-6-10(11(12)14)16-13-9/h2-5,10H,6H2,1H3,(H2,12,14). The number of rotatable bonds is 3. The number of methoxy groups -OCH3 is 1. The van der Waals surface area contributed by atoms with Crippen LogP contribution in [-0.4, -0.2) is 24.8 Å². The summed E-state index contributed by atoms with van der Waals surface area (Å²) in [5.41, 5.74) is 6.76. The maximum Gasteiger partial charge on any atom is 0.261 e. The van der Waals surface area contributed by atoms with Gasteiger partial charge in [-0.05, 0) is 29.8 Å². The van der Waals surface area contributed by atoms with Crippen LogP contribution >= 0.6 is 0 Å². The smallest absolute Gasteiger partial charge is 0.261 e. The van der Waals surface area contributed by atoms with Gasteiger partial charge in [-0.2, -0.15) is 0 Å². The first-order valence-electron chi connectivity index (χ1n) is 4.87. The van der Waals surface area contributed by atoms with Gasteiger partial charge in [0.2, 0.25) is 6.10 Å². The molecule has 1 aliphatic rings. The van der Waals surface area contributed by atoms with Crippen molar-refractivity contribution in [3.8, 4) is 5.75 Å². The van der Waals surface area contributed by atoms with E-state index in [4.69, 9.17) is 15.3 Å². The number of benzene rings is 1. The molecule has 0 spiro atoms. The van der Waals surface area contributed by atoms with Crippen molar-refractivity contribution in [3.63, 3.8) is 0 Å². The van der Waals surface area contributed by atoms with Crippen LogP contribution in [0.25, 0.3) is 0 Å². The maximum absolute atomic E-state index is 10.9. The van der Waals surface area contributed by atoms with E-state index in [1.807, 2.05) is 24.3 Å². The van der Waals surface area contributed by atoms with Crippen LogP contribution in [0.3, 0.4) is 0 Å². The molecule has 0 saturated heterocycles. The first kappa shape index (κ1) is 10.5. The molecule has 0 fully saturated rings. The summed E-state index contributed by atoms with van der Waals surface area (Å²) in [7, 11) is 1.61. The Balaban J connectivity index is 2.11. The molecule has 1 amide bonds. The summed E-state index contributed by atoms with van der Waals surface area (Å²) in [6.45, 7) is 0. The summed E-state index contributed by atoms with van der Waals surface area (Å²) in [6.07, 6.45) is -0.223. The number of hydrogen-bond acceptors (Lipinski definition) is 4. The monoisotopic (exact) mass is 220 g/mol. The summed E-state index contributed by atoms with van der Waals surface area (Å²) in [4.78, 5) is 15.8. The van der Waals surface area contributed by atoms with Crippen LogP contribution in [-0.2, 0) is 9.63 Å². The maximum atomic E-state index is 10.9. The summed E-state index contributed by atoms with van der Waals surface area (Å²) in [5.74, 6) is 0.280. The van der Waals surface area contributed by atoms with Crippen molar-refractivity contribution in [2.75, 3.05) is 7.11 Å². The highest BCUT2D eigenvalue weighted by molar-refractivity contribution is 6.03. The zero-order valence-corrected chi connectivity index (χ0v) is 8.84. The van der Waals surface area contributed by atoms with E-state index in [-0.39, 0.29) is 0 Å². The number of nitrogens with two attached hydrogens (primary N) is 1. The Bertz CT molecular complexity index is 425. The number of amides is 1. The molecule has 84 valence electrons. The third-order valence-electron chi connectivity index (χ3n) is 2.41. The number of carbonyl (C=O) groups is 1. The third-order valence-corrected chi connectivity index (χ3v) is 2.41. The summed E-state index contributed by atoms with van der Waals surface area (Å²) in [6, 6.07) is 7.39. The molecule has 1 aromatic rings. The van der Waals surface area contributed by atoms with E-state index >= 15 is 0 Å². The molecule has 1 aromatic carbocycles. The van der Waals surface area contributed by atoms with Crippen LogP contribution in [0.1, 0.15) is 12.0 Å². The molecular weight excluding hydrogens is 208 g/mol. The largest absolute Gasteiger partial charge is 0.497 e. The molecule has 0 saturated carbocycles. The minimum atomic E-state index is -0.642. The van der Waals surface area contributed by atoms with Crippen LogP contribution in [0.4, 0.5) is 0 Å². The van der Waals surface area contributed by atoms with Crippen molar-refractivity contribution in [1.82, 2.24) is 0 Å². The van der Waals surface area contributed by atoms with Crippen LogP contribution in [0.15, 0.2) is 29.4 Å². The molecule has 16 heavy (non-hydrogen) atoms. The van der Waals surface area contributed by atoms with Gasteiger partial charge >= 0.3 is 0 Å². The number of ether oxygens (including phenoxy) is 1. The van der Waals surface area contributed by atoms with Crippen LogP contribution in [0.2, 0.25) is 0 Å². The van der Waals surface area contributed by atoms with E-state index in [1.165, 1.54) is 0 Å². The molecule has 1 unspecified atom stereocenters. The van der Waals surface area contributed by atoms with Gasteiger partial charge in [0.05, 0.1) is 12.8 Å². The van der Waals surface area contributed by atoms with Gasteiger partial charge in [-0.15, -0.1) is 0 Å². The lowest BCUT2D eigenvalue weighted by atomic mass is 10.0. The molecule has 1 atom stereocenters. The highest BCUT2D eigenvalue weighted by atomic mass is 16.6. The molecule has 5 heteroatoms. The first-order valence-corrected chi connectivity index (χ1v) is 4.87. The minimum absolute atomic E-state index is 0.418. The normalized spacial score (nSPS) is 18.8. The zero-order chi connectivity index (χ0) is 11.5. The topological polar surface area (TPSA) is 73.9 Å². The molecule has 2 N–H and O–H groups in total. The lowest BCUT2D eigenvalue weighted by Gasteiger charge is -2.02. The Hall–Kier alpha value is -2.04. The first-order chi connectivity index (χ1) is 7.70. The van der Waals surface area contributed by atoms with Gasteiger partial charge in [0, 0.05) is 6.42 Å². The lowest BCUT2D eigenvalue weighted by molar-refractivity contribution is -0.127. The summed E-state index contributed by atoms with van der Waals surface area (Å²) >= 11 is 0. The van der Waals surface area contributed by atoms with Gasteiger partial charge in [0.1, 0.15) is 5.75 Å². The van der Waals surface area contributed by atoms with Crippen LogP contribution < -0.4 is 10.5 Å². The molecule has 0 aromatic heterocycles. The third kappa shape index (κ3) is 1.98. The lowest BCUT2D eigenvalue weighted by Crippen LogP contribution is -2.28. The fourth-order valence-corrected chi connectivity index (χ4v) is 1.48. The van der Waals surface area contributed by atoms with E-state index in [2.05, 4.69) is 5.16 Å². The molecule has 0 radical (unpaired) electrons. The number of oxime groups is 1. The van der Waals surface area contributed by atoms with Crippen LogP contribution in [0.5, 0.6) is 5.75 Å². The highest BCUT2D eigenvalue weighted by Gasteiger charge is 2.26. The molecule has 0 bridgehead atoms. The fourth-order valence-electron chi connectivity index (χ4n) is 1.48. The number of carbonyl (C=O) groups excluding carboxylic acids is 1. The van der Waals surface area contributed by atoms with Crippen molar-refractivity contribution in [2.24, 2.45) is 10.9 Å². The predicted octanol–water partition coefficient (Wildman–Crippen LogP) is 0.673. The SMILES string of the molecule is COc1ccc(C2=NOC(C(N)=O)C2)cc1. The average Bonchev–Trinajstić information content (AvgIpc) is 2.78. The van der Waals surface area contributed by atoms with E-state index in [0.29, 0.717) is 6.42 Å². The molecule has 5 nitrogen and oxygen atoms in total. The highest BCUT2D eigenvalue weighted by Crippen LogP contribution is 2.18. The summed E-state index contributed by atoms with van der Waals surface area (Å²) < 4.78 is 5.05. The molecule has 1 aliphatic heterocycles. The van der Waals surface area contributed by atoms with Gasteiger partial charge < -0.3 is 15.3 Å². The summed E-state index contributed by atoms with van der Waals surface area (Å²) in [5, 5.41) is 3.84. The molecular formula is C11H12N2O3. The van der Waals surface area contributed by atoms with E-state index in [9.17, 15) is 4.79 Å². The van der Waals surface area contributed by atoms with Crippen molar-refractivity contribution in [3.05, 3.63) is 29.8 Å². The average molecular weight is 220 g/mol. The van der Waals surface area contributed by atoms with Crippen molar-refractivity contribution < 1.29 is 14.4 Å². The van der Waals surface area contributed by atoms with Gasteiger partial charge in [0.25, 0.3) is 5.91 Å². The second-order valence-electron chi connectivity index (χ2n) is 3.47. The predicted molar refractivity (Wildman–Crippen MR) is 58.2 cm³/mol. The Labute approximate surface area is 92.8 Å². The Morgan fingerprint density at radius 2 is 2.19 bits per heavy atom. The van der Waals surface area contributed by atoms with Crippen molar-refractivity contribution in [1.29, 1.82) is 0 Å². The second kappa shape index (κ2) is 4.22. The van der Waals surface area contributed by atoms with Crippen LogP contribution in [0, 0.1) is 0 Å². The van der Waals surface area contributed by atoms with Crippen molar-refractivity contribution in [2.45, 2.75) is 12.5 Å². The molecule has 1 heterocycles. The number of primary amides is 1. The zero-order valence-electron chi connectivity index (χ0n) is 8.84. The number of hydrogen-bond donors (Lipinski definition) is 1. The quantitative estimate of drug-likeness (QED) is 0.813. The molecule has 0 aliphatic carbocycles. The van der Waals surface area contributed by atoms with Crippen molar-refractivity contribution >= 4 is 11.6 Å². The van der Waals surface area contributed by atoms with Gasteiger partial charge in [0.15, 0.2) is 0 Å². The van der Waals surface area contributed by atoms with E-state index in [1.54, 1.807) is 7.11 Å². The van der Waals surface area contributed by atoms with Gasteiger partial charge in [-0.3, -0.25) is 4.79 Å². The Morgan fingerprint density at radius 3 is 2.69 bits per heavy atom. The fraction of sp³-hybridized carbons (Fsp3) is 0.273. The molecule has 2 rings (SSSR count).